The normalized spacial score (nSPS) is 10.0. The summed E-state index contributed by atoms with van der Waals surface area (Å²) in [5.41, 5.74) is 2.28. The van der Waals surface area contributed by atoms with Gasteiger partial charge in [0.05, 0.1) is 25.9 Å². The second-order valence-corrected chi connectivity index (χ2v) is 5.01. The fourth-order valence-electron chi connectivity index (χ4n) is 1.90. The van der Waals surface area contributed by atoms with Gasteiger partial charge in [0.15, 0.2) is 0 Å². The molecular weight excluding hydrogens is 294 g/mol. The van der Waals surface area contributed by atoms with Crippen LogP contribution < -0.4 is 15.4 Å². The smallest absolute Gasteiger partial charge is 0.251 e. The molecule has 0 bridgehead atoms. The Morgan fingerprint density at radius 2 is 1.87 bits per heavy atom. The van der Waals surface area contributed by atoms with E-state index < -0.39 is 0 Å². The Balaban J connectivity index is 1.78. The quantitative estimate of drug-likeness (QED) is 0.846. The minimum absolute atomic E-state index is 0.0866. The molecule has 0 aliphatic heterocycles. The molecule has 0 saturated carbocycles. The maximum absolute atomic E-state index is 11.9. The standard InChI is InChI=1S/C17H19N3O3/c1-12-3-5-13(6-4-12)17(22)20-11-16(21)19-10-14-9-15(23-2)7-8-18-14/h3-9H,10-11H2,1-2H3,(H,19,21)(H,20,22). The first-order chi connectivity index (χ1) is 11.1. The Labute approximate surface area is 134 Å². The fraction of sp³-hybridized carbons (Fsp3) is 0.235. The SMILES string of the molecule is COc1ccnc(CNC(=O)CNC(=O)c2ccc(C)cc2)c1. The zero-order chi connectivity index (χ0) is 16.7. The Kier molecular flexibility index (Phi) is 5.68. The van der Waals surface area contributed by atoms with Crippen LogP contribution in [0.15, 0.2) is 42.6 Å². The van der Waals surface area contributed by atoms with E-state index in [4.69, 9.17) is 4.74 Å². The maximum Gasteiger partial charge on any atom is 0.251 e. The monoisotopic (exact) mass is 313 g/mol. The van der Waals surface area contributed by atoms with Gasteiger partial charge in [0, 0.05) is 17.8 Å². The second kappa shape index (κ2) is 7.93. The van der Waals surface area contributed by atoms with Crippen molar-refractivity contribution >= 4 is 11.8 Å². The van der Waals surface area contributed by atoms with Crippen molar-refractivity contribution < 1.29 is 14.3 Å². The number of benzene rings is 1. The summed E-state index contributed by atoms with van der Waals surface area (Å²) in [6.45, 7) is 2.13. The fourth-order valence-corrected chi connectivity index (χ4v) is 1.90. The molecule has 0 saturated heterocycles. The van der Waals surface area contributed by atoms with Gasteiger partial charge in [-0.25, -0.2) is 0 Å². The molecule has 6 nitrogen and oxygen atoms in total. The van der Waals surface area contributed by atoms with Gasteiger partial charge in [-0.2, -0.15) is 0 Å². The third-order valence-electron chi connectivity index (χ3n) is 3.21. The van der Waals surface area contributed by atoms with Gasteiger partial charge in [-0.1, -0.05) is 17.7 Å². The van der Waals surface area contributed by atoms with E-state index in [2.05, 4.69) is 15.6 Å². The number of carbonyl (C=O) groups excluding carboxylic acids is 2. The molecule has 1 heterocycles. The van der Waals surface area contributed by atoms with Crippen LogP contribution in [0.25, 0.3) is 0 Å². The first kappa shape index (κ1) is 16.5. The van der Waals surface area contributed by atoms with Crippen LogP contribution in [-0.2, 0) is 11.3 Å². The third kappa shape index (κ3) is 5.10. The molecule has 1 aromatic heterocycles. The summed E-state index contributed by atoms with van der Waals surface area (Å²) >= 11 is 0. The van der Waals surface area contributed by atoms with Crippen LogP contribution in [0.3, 0.4) is 0 Å². The summed E-state index contributed by atoms with van der Waals surface area (Å²) in [5.74, 6) is 0.117. The van der Waals surface area contributed by atoms with Crippen molar-refractivity contribution in [1.82, 2.24) is 15.6 Å². The minimum Gasteiger partial charge on any atom is -0.497 e. The van der Waals surface area contributed by atoms with Crippen molar-refractivity contribution in [1.29, 1.82) is 0 Å². The number of aromatic nitrogens is 1. The van der Waals surface area contributed by atoms with E-state index in [1.165, 1.54) is 0 Å². The van der Waals surface area contributed by atoms with E-state index in [9.17, 15) is 9.59 Å². The molecule has 1 aromatic carbocycles. The summed E-state index contributed by atoms with van der Waals surface area (Å²) < 4.78 is 5.09. The molecule has 0 spiro atoms. The molecule has 0 aliphatic rings. The Bertz CT molecular complexity index is 684. The van der Waals surface area contributed by atoms with Crippen LogP contribution in [0, 0.1) is 6.92 Å². The van der Waals surface area contributed by atoms with Gasteiger partial charge in [0.2, 0.25) is 5.91 Å². The van der Waals surface area contributed by atoms with Gasteiger partial charge in [-0.3, -0.25) is 14.6 Å². The molecule has 2 rings (SSSR count). The van der Waals surface area contributed by atoms with E-state index in [-0.39, 0.29) is 24.9 Å². The lowest BCUT2D eigenvalue weighted by Gasteiger charge is -2.08. The summed E-state index contributed by atoms with van der Waals surface area (Å²) in [6.07, 6.45) is 1.61. The number of rotatable bonds is 6. The molecule has 0 fully saturated rings. The topological polar surface area (TPSA) is 80.3 Å². The average Bonchev–Trinajstić information content (AvgIpc) is 2.58. The van der Waals surface area contributed by atoms with E-state index in [0.717, 1.165) is 5.56 Å². The lowest BCUT2D eigenvalue weighted by atomic mass is 10.1. The number of amides is 2. The van der Waals surface area contributed by atoms with E-state index in [0.29, 0.717) is 17.0 Å². The Hall–Kier alpha value is -2.89. The third-order valence-corrected chi connectivity index (χ3v) is 3.21. The molecule has 23 heavy (non-hydrogen) atoms. The Morgan fingerprint density at radius 1 is 1.13 bits per heavy atom. The van der Waals surface area contributed by atoms with Crippen LogP contribution in [0.4, 0.5) is 0 Å². The number of ether oxygens (including phenoxy) is 1. The predicted molar refractivity (Wildman–Crippen MR) is 86.1 cm³/mol. The highest BCUT2D eigenvalue weighted by Gasteiger charge is 2.08. The van der Waals surface area contributed by atoms with Gasteiger partial charge < -0.3 is 15.4 Å². The molecule has 0 radical (unpaired) electrons. The van der Waals surface area contributed by atoms with Gasteiger partial charge in [-0.15, -0.1) is 0 Å². The van der Waals surface area contributed by atoms with Crippen molar-refractivity contribution in [2.24, 2.45) is 0 Å². The number of nitrogens with one attached hydrogen (secondary N) is 2. The number of carbonyl (C=O) groups is 2. The zero-order valence-electron chi connectivity index (χ0n) is 13.1. The summed E-state index contributed by atoms with van der Waals surface area (Å²) in [7, 11) is 1.57. The van der Waals surface area contributed by atoms with Crippen LogP contribution in [-0.4, -0.2) is 30.5 Å². The molecule has 2 amide bonds. The lowest BCUT2D eigenvalue weighted by Crippen LogP contribution is -2.36. The molecular formula is C17H19N3O3. The molecule has 0 unspecified atom stereocenters. The minimum atomic E-state index is -0.282. The van der Waals surface area contributed by atoms with Crippen molar-refractivity contribution in [3.05, 3.63) is 59.4 Å². The number of methoxy groups -OCH3 is 1. The van der Waals surface area contributed by atoms with Crippen molar-refractivity contribution in [3.8, 4) is 5.75 Å². The van der Waals surface area contributed by atoms with E-state index in [1.54, 1.807) is 37.6 Å². The van der Waals surface area contributed by atoms with Gasteiger partial charge in [0.1, 0.15) is 5.75 Å². The van der Waals surface area contributed by atoms with Gasteiger partial charge in [0.25, 0.3) is 5.91 Å². The van der Waals surface area contributed by atoms with Crippen molar-refractivity contribution in [2.75, 3.05) is 13.7 Å². The highest BCUT2D eigenvalue weighted by Crippen LogP contribution is 2.09. The average molecular weight is 313 g/mol. The summed E-state index contributed by atoms with van der Waals surface area (Å²) in [4.78, 5) is 27.8. The van der Waals surface area contributed by atoms with E-state index >= 15 is 0 Å². The van der Waals surface area contributed by atoms with Gasteiger partial charge >= 0.3 is 0 Å². The summed E-state index contributed by atoms with van der Waals surface area (Å²) in [5, 5.41) is 5.28. The number of hydrogen-bond acceptors (Lipinski definition) is 4. The molecule has 0 aliphatic carbocycles. The van der Waals surface area contributed by atoms with Crippen molar-refractivity contribution in [2.45, 2.75) is 13.5 Å². The van der Waals surface area contributed by atoms with E-state index in [1.807, 2.05) is 19.1 Å². The predicted octanol–water partition coefficient (Wildman–Crippen LogP) is 1.44. The van der Waals surface area contributed by atoms with Crippen LogP contribution >= 0.6 is 0 Å². The highest BCUT2D eigenvalue weighted by atomic mass is 16.5. The highest BCUT2D eigenvalue weighted by molar-refractivity contribution is 5.96. The van der Waals surface area contributed by atoms with Gasteiger partial charge in [-0.05, 0) is 25.1 Å². The molecule has 2 aromatic rings. The molecule has 120 valence electrons. The number of nitrogens with zero attached hydrogens (tertiary/aromatic N) is 1. The maximum atomic E-state index is 11.9. The second-order valence-electron chi connectivity index (χ2n) is 5.01. The van der Waals surface area contributed by atoms with Crippen LogP contribution in [0.1, 0.15) is 21.6 Å². The number of hydrogen-bond donors (Lipinski definition) is 2. The Morgan fingerprint density at radius 3 is 2.57 bits per heavy atom. The largest absolute Gasteiger partial charge is 0.497 e. The van der Waals surface area contributed by atoms with Crippen molar-refractivity contribution in [3.63, 3.8) is 0 Å². The molecule has 0 atom stereocenters. The lowest BCUT2D eigenvalue weighted by molar-refractivity contribution is -0.120. The number of aryl methyl sites for hydroxylation is 1. The van der Waals surface area contributed by atoms with Crippen LogP contribution in [0.2, 0.25) is 0 Å². The molecule has 2 N–H and O–H groups in total. The first-order valence-corrected chi connectivity index (χ1v) is 7.19. The number of pyridine rings is 1. The first-order valence-electron chi connectivity index (χ1n) is 7.19. The zero-order valence-corrected chi connectivity index (χ0v) is 13.1. The van der Waals surface area contributed by atoms with Crippen LogP contribution in [0.5, 0.6) is 5.75 Å². The summed E-state index contributed by atoms with van der Waals surface area (Å²) in [6, 6.07) is 10.6. The molecule has 6 heteroatoms.